The summed E-state index contributed by atoms with van der Waals surface area (Å²) in [5, 5.41) is 12.1. The molecule has 0 unspecified atom stereocenters. The van der Waals surface area contributed by atoms with Crippen LogP contribution in [0, 0.1) is 13.8 Å². The van der Waals surface area contributed by atoms with Crippen molar-refractivity contribution < 1.29 is 0 Å². The van der Waals surface area contributed by atoms with Crippen molar-refractivity contribution in [3.05, 3.63) is 69.5 Å². The SMILES string of the molecule is Cc1cccc(NC(=S)Nc2ncn(Cc3c(Cl)cccc3Cl)n2)c1C. The second kappa shape index (κ2) is 8.03. The maximum atomic E-state index is 6.20. The molecule has 0 aliphatic carbocycles. The van der Waals surface area contributed by atoms with Crippen LogP contribution >= 0.6 is 35.4 Å². The van der Waals surface area contributed by atoms with Gasteiger partial charge in [0.2, 0.25) is 5.95 Å². The molecular formula is C18H17Cl2N5S. The van der Waals surface area contributed by atoms with Crippen molar-refractivity contribution in [2.45, 2.75) is 20.4 Å². The molecule has 3 rings (SSSR count). The first-order valence-electron chi connectivity index (χ1n) is 7.90. The van der Waals surface area contributed by atoms with Crippen LogP contribution in [0.3, 0.4) is 0 Å². The molecule has 0 fully saturated rings. The number of halogens is 2. The molecule has 0 atom stereocenters. The Morgan fingerprint density at radius 3 is 2.50 bits per heavy atom. The molecule has 0 aliphatic rings. The predicted molar refractivity (Wildman–Crippen MR) is 111 cm³/mol. The molecule has 2 N–H and O–H groups in total. The van der Waals surface area contributed by atoms with Crippen LogP contribution in [0.5, 0.6) is 0 Å². The third kappa shape index (κ3) is 4.33. The molecule has 3 aromatic rings. The monoisotopic (exact) mass is 405 g/mol. The van der Waals surface area contributed by atoms with E-state index in [1.165, 1.54) is 5.56 Å². The van der Waals surface area contributed by atoms with Crippen LogP contribution < -0.4 is 10.6 Å². The lowest BCUT2D eigenvalue weighted by molar-refractivity contribution is 0.687. The van der Waals surface area contributed by atoms with Gasteiger partial charge in [0.05, 0.1) is 6.54 Å². The van der Waals surface area contributed by atoms with Gasteiger partial charge in [0, 0.05) is 21.3 Å². The highest BCUT2D eigenvalue weighted by Gasteiger charge is 2.09. The lowest BCUT2D eigenvalue weighted by Gasteiger charge is -2.12. The Bertz CT molecular complexity index is 934. The summed E-state index contributed by atoms with van der Waals surface area (Å²) in [6.07, 6.45) is 1.60. The number of hydrogen-bond acceptors (Lipinski definition) is 3. The van der Waals surface area contributed by atoms with Gasteiger partial charge in [0.15, 0.2) is 5.11 Å². The maximum Gasteiger partial charge on any atom is 0.248 e. The second-order valence-corrected chi connectivity index (χ2v) is 7.02. The van der Waals surface area contributed by atoms with E-state index in [0.29, 0.717) is 27.7 Å². The lowest BCUT2D eigenvalue weighted by atomic mass is 10.1. The number of benzene rings is 2. The lowest BCUT2D eigenvalue weighted by Crippen LogP contribution is -2.20. The molecule has 134 valence electrons. The number of nitrogens with one attached hydrogen (secondary N) is 2. The summed E-state index contributed by atoms with van der Waals surface area (Å²) < 4.78 is 1.65. The smallest absolute Gasteiger partial charge is 0.248 e. The van der Waals surface area contributed by atoms with E-state index in [4.69, 9.17) is 35.4 Å². The van der Waals surface area contributed by atoms with Crippen molar-refractivity contribution in [2.75, 3.05) is 10.6 Å². The van der Waals surface area contributed by atoms with Crippen LogP contribution in [0.15, 0.2) is 42.7 Å². The number of aromatic nitrogens is 3. The van der Waals surface area contributed by atoms with Crippen LogP contribution in [0.4, 0.5) is 11.6 Å². The summed E-state index contributed by atoms with van der Waals surface area (Å²) in [5.74, 6) is 0.399. The van der Waals surface area contributed by atoms with E-state index in [1.807, 2.05) is 19.1 Å². The zero-order chi connectivity index (χ0) is 18.7. The fourth-order valence-corrected chi connectivity index (χ4v) is 3.13. The highest BCUT2D eigenvalue weighted by atomic mass is 35.5. The Morgan fingerprint density at radius 1 is 1.08 bits per heavy atom. The third-order valence-corrected chi connectivity index (χ3v) is 4.91. The fraction of sp³-hybridized carbons (Fsp3) is 0.167. The Hall–Kier alpha value is -2.15. The van der Waals surface area contributed by atoms with E-state index in [0.717, 1.165) is 16.8 Å². The van der Waals surface area contributed by atoms with E-state index in [1.54, 1.807) is 29.2 Å². The zero-order valence-electron chi connectivity index (χ0n) is 14.3. The molecule has 2 aromatic carbocycles. The van der Waals surface area contributed by atoms with Gasteiger partial charge in [-0.3, -0.25) is 5.32 Å². The number of rotatable bonds is 4. The fourth-order valence-electron chi connectivity index (χ4n) is 2.42. The molecule has 0 bridgehead atoms. The Kier molecular flexibility index (Phi) is 5.76. The van der Waals surface area contributed by atoms with Gasteiger partial charge in [0.25, 0.3) is 0 Å². The van der Waals surface area contributed by atoms with Crippen molar-refractivity contribution in [1.82, 2.24) is 14.8 Å². The molecule has 1 heterocycles. The summed E-state index contributed by atoms with van der Waals surface area (Å²) >= 11 is 17.7. The molecule has 1 aromatic heterocycles. The quantitative estimate of drug-likeness (QED) is 0.594. The Balaban J connectivity index is 1.67. The van der Waals surface area contributed by atoms with Gasteiger partial charge in [-0.1, -0.05) is 41.4 Å². The van der Waals surface area contributed by atoms with Gasteiger partial charge >= 0.3 is 0 Å². The molecule has 8 heteroatoms. The molecule has 26 heavy (non-hydrogen) atoms. The van der Waals surface area contributed by atoms with Gasteiger partial charge in [-0.05, 0) is 55.4 Å². The van der Waals surface area contributed by atoms with E-state index in [2.05, 4.69) is 33.7 Å². The van der Waals surface area contributed by atoms with Crippen molar-refractivity contribution in [3.63, 3.8) is 0 Å². The van der Waals surface area contributed by atoms with Crippen molar-refractivity contribution in [2.24, 2.45) is 0 Å². The Morgan fingerprint density at radius 2 is 1.77 bits per heavy atom. The first-order valence-corrected chi connectivity index (χ1v) is 9.07. The van der Waals surface area contributed by atoms with E-state index in [9.17, 15) is 0 Å². The molecular weight excluding hydrogens is 389 g/mol. The molecule has 0 saturated heterocycles. The summed E-state index contributed by atoms with van der Waals surface area (Å²) in [4.78, 5) is 4.22. The molecule has 0 aliphatic heterocycles. The molecule has 0 saturated carbocycles. The van der Waals surface area contributed by atoms with Gasteiger partial charge < -0.3 is 5.32 Å². The van der Waals surface area contributed by atoms with Crippen LogP contribution in [0.25, 0.3) is 0 Å². The number of thiocarbonyl (C=S) groups is 1. The summed E-state index contributed by atoms with van der Waals surface area (Å²) in [7, 11) is 0. The molecule has 0 spiro atoms. The molecule has 0 amide bonds. The van der Waals surface area contributed by atoms with Crippen LogP contribution in [-0.2, 0) is 6.54 Å². The number of aryl methyl sites for hydroxylation is 1. The highest BCUT2D eigenvalue weighted by Crippen LogP contribution is 2.25. The highest BCUT2D eigenvalue weighted by molar-refractivity contribution is 7.80. The topological polar surface area (TPSA) is 54.8 Å². The van der Waals surface area contributed by atoms with Crippen molar-refractivity contribution in [1.29, 1.82) is 0 Å². The van der Waals surface area contributed by atoms with E-state index >= 15 is 0 Å². The maximum absolute atomic E-state index is 6.20. The van der Waals surface area contributed by atoms with Crippen LogP contribution in [0.2, 0.25) is 10.0 Å². The zero-order valence-corrected chi connectivity index (χ0v) is 16.6. The largest absolute Gasteiger partial charge is 0.332 e. The predicted octanol–water partition coefficient (Wildman–Crippen LogP) is 5.06. The number of nitrogens with zero attached hydrogens (tertiary/aromatic N) is 3. The van der Waals surface area contributed by atoms with E-state index in [-0.39, 0.29) is 0 Å². The minimum absolute atomic E-state index is 0.399. The van der Waals surface area contributed by atoms with Gasteiger partial charge in [-0.25, -0.2) is 9.67 Å². The average molecular weight is 406 g/mol. The average Bonchev–Trinajstić information content (AvgIpc) is 3.02. The number of anilines is 2. The first-order chi connectivity index (χ1) is 12.4. The standard InChI is InChI=1S/C18H17Cl2N5S/c1-11-5-3-8-16(12(11)2)22-18(26)23-17-21-10-25(24-17)9-13-14(19)6-4-7-15(13)20/h3-8,10H,9H2,1-2H3,(H2,22,23,24,26). The normalized spacial score (nSPS) is 10.6. The van der Waals surface area contributed by atoms with Gasteiger partial charge in [-0.15, -0.1) is 5.10 Å². The van der Waals surface area contributed by atoms with Gasteiger partial charge in [-0.2, -0.15) is 0 Å². The Labute approximate surface area is 167 Å². The van der Waals surface area contributed by atoms with Gasteiger partial charge in [0.1, 0.15) is 6.33 Å². The third-order valence-electron chi connectivity index (χ3n) is 4.00. The summed E-state index contributed by atoms with van der Waals surface area (Å²) in [6.45, 7) is 4.52. The summed E-state index contributed by atoms with van der Waals surface area (Å²) in [6, 6.07) is 11.4. The molecule has 0 radical (unpaired) electrons. The minimum atomic E-state index is 0.399. The minimum Gasteiger partial charge on any atom is -0.332 e. The van der Waals surface area contributed by atoms with E-state index < -0.39 is 0 Å². The number of hydrogen-bond donors (Lipinski definition) is 2. The van der Waals surface area contributed by atoms with Crippen molar-refractivity contribution >= 4 is 52.2 Å². The van der Waals surface area contributed by atoms with Crippen LogP contribution in [0.1, 0.15) is 16.7 Å². The van der Waals surface area contributed by atoms with Crippen molar-refractivity contribution in [3.8, 4) is 0 Å². The summed E-state index contributed by atoms with van der Waals surface area (Å²) in [5.41, 5.74) is 4.08. The first kappa shape index (κ1) is 18.6. The molecule has 5 nitrogen and oxygen atoms in total. The van der Waals surface area contributed by atoms with Crippen LogP contribution in [-0.4, -0.2) is 19.9 Å². The second-order valence-electron chi connectivity index (χ2n) is 5.79.